The topological polar surface area (TPSA) is 12.4 Å². The summed E-state index contributed by atoms with van der Waals surface area (Å²) in [6.07, 6.45) is 11.3. The SMILES string of the molecule is CCC1=CC(=NC)C=C1C1CCCC1. The Kier molecular flexibility index (Phi) is 2.85. The van der Waals surface area contributed by atoms with E-state index in [1.165, 1.54) is 37.0 Å². The molecule has 1 heteroatoms. The second-order valence-corrected chi connectivity index (χ2v) is 4.25. The van der Waals surface area contributed by atoms with Crippen LogP contribution in [0.2, 0.25) is 0 Å². The molecule has 0 aromatic rings. The lowest BCUT2D eigenvalue weighted by atomic mass is 9.92. The van der Waals surface area contributed by atoms with Gasteiger partial charge in [0.05, 0.1) is 5.71 Å². The Hall–Kier alpha value is -0.850. The van der Waals surface area contributed by atoms with Gasteiger partial charge >= 0.3 is 0 Å². The van der Waals surface area contributed by atoms with E-state index in [4.69, 9.17) is 0 Å². The van der Waals surface area contributed by atoms with Crippen molar-refractivity contribution < 1.29 is 0 Å². The summed E-state index contributed by atoms with van der Waals surface area (Å²) in [5.41, 5.74) is 4.28. The molecule has 0 aliphatic heterocycles. The molecule has 0 unspecified atom stereocenters. The van der Waals surface area contributed by atoms with Gasteiger partial charge in [-0.05, 0) is 48.5 Å². The van der Waals surface area contributed by atoms with Crippen LogP contribution in [0.4, 0.5) is 0 Å². The summed E-state index contributed by atoms with van der Waals surface area (Å²) < 4.78 is 0. The number of rotatable bonds is 2. The van der Waals surface area contributed by atoms with Crippen LogP contribution in [0.25, 0.3) is 0 Å². The van der Waals surface area contributed by atoms with E-state index in [-0.39, 0.29) is 0 Å². The van der Waals surface area contributed by atoms with Crippen LogP contribution in [0.1, 0.15) is 39.0 Å². The Morgan fingerprint density at radius 2 is 2.00 bits per heavy atom. The van der Waals surface area contributed by atoms with Gasteiger partial charge in [-0.2, -0.15) is 0 Å². The highest BCUT2D eigenvalue weighted by atomic mass is 14.7. The molecule has 0 spiro atoms. The molecular formula is C13H19N. The molecule has 14 heavy (non-hydrogen) atoms. The van der Waals surface area contributed by atoms with Gasteiger partial charge in [-0.15, -0.1) is 0 Å². The van der Waals surface area contributed by atoms with Crippen LogP contribution in [0, 0.1) is 5.92 Å². The van der Waals surface area contributed by atoms with E-state index in [0.717, 1.165) is 12.3 Å². The van der Waals surface area contributed by atoms with E-state index in [1.54, 1.807) is 5.57 Å². The monoisotopic (exact) mass is 189 g/mol. The van der Waals surface area contributed by atoms with Crippen molar-refractivity contribution in [2.75, 3.05) is 7.05 Å². The van der Waals surface area contributed by atoms with Crippen LogP contribution in [0.15, 0.2) is 28.3 Å². The summed E-state index contributed by atoms with van der Waals surface area (Å²) in [5.74, 6) is 0.834. The van der Waals surface area contributed by atoms with Gasteiger partial charge in [0.2, 0.25) is 0 Å². The smallest absolute Gasteiger partial charge is 0.0576 e. The Morgan fingerprint density at radius 1 is 1.29 bits per heavy atom. The van der Waals surface area contributed by atoms with Gasteiger partial charge in [0.1, 0.15) is 0 Å². The van der Waals surface area contributed by atoms with E-state index >= 15 is 0 Å². The number of aliphatic imine (C=N–C) groups is 1. The first-order chi connectivity index (χ1) is 6.85. The summed E-state index contributed by atoms with van der Waals surface area (Å²) in [6.45, 7) is 2.24. The summed E-state index contributed by atoms with van der Waals surface area (Å²) in [6, 6.07) is 0. The van der Waals surface area contributed by atoms with Crippen molar-refractivity contribution in [1.29, 1.82) is 0 Å². The Labute approximate surface area is 86.6 Å². The van der Waals surface area contributed by atoms with Crippen LogP contribution in [-0.2, 0) is 0 Å². The molecule has 1 fully saturated rings. The van der Waals surface area contributed by atoms with Gasteiger partial charge in [-0.1, -0.05) is 19.8 Å². The number of hydrogen-bond acceptors (Lipinski definition) is 1. The summed E-state index contributed by atoms with van der Waals surface area (Å²) >= 11 is 0. The van der Waals surface area contributed by atoms with Gasteiger partial charge in [-0.25, -0.2) is 0 Å². The average Bonchev–Trinajstić information content (AvgIpc) is 2.85. The Balaban J connectivity index is 2.21. The van der Waals surface area contributed by atoms with Crippen molar-refractivity contribution >= 4 is 5.71 Å². The molecule has 0 saturated heterocycles. The third-order valence-electron chi connectivity index (χ3n) is 3.43. The van der Waals surface area contributed by atoms with E-state index in [1.807, 2.05) is 7.05 Å². The quantitative estimate of drug-likeness (QED) is 0.630. The minimum absolute atomic E-state index is 0.834. The highest BCUT2D eigenvalue weighted by molar-refractivity contribution is 6.08. The maximum absolute atomic E-state index is 4.27. The molecule has 0 radical (unpaired) electrons. The lowest BCUT2D eigenvalue weighted by Crippen LogP contribution is -1.99. The lowest BCUT2D eigenvalue weighted by Gasteiger charge is -2.13. The number of nitrogens with zero attached hydrogens (tertiary/aromatic N) is 1. The van der Waals surface area contributed by atoms with Crippen LogP contribution < -0.4 is 0 Å². The Bertz CT molecular complexity index is 301. The maximum atomic E-state index is 4.27. The zero-order chi connectivity index (χ0) is 9.97. The van der Waals surface area contributed by atoms with Crippen molar-refractivity contribution in [3.05, 3.63) is 23.3 Å². The molecule has 0 heterocycles. The largest absolute Gasteiger partial charge is 0.289 e. The van der Waals surface area contributed by atoms with Gasteiger partial charge in [0.15, 0.2) is 0 Å². The maximum Gasteiger partial charge on any atom is 0.0576 e. The fourth-order valence-corrected chi connectivity index (χ4v) is 2.61. The fourth-order valence-electron chi connectivity index (χ4n) is 2.61. The van der Waals surface area contributed by atoms with Crippen molar-refractivity contribution in [2.24, 2.45) is 10.9 Å². The molecule has 0 amide bonds. The van der Waals surface area contributed by atoms with Crippen LogP contribution in [0.3, 0.4) is 0 Å². The summed E-state index contributed by atoms with van der Waals surface area (Å²) in [4.78, 5) is 4.27. The van der Waals surface area contributed by atoms with Crippen LogP contribution in [0.5, 0.6) is 0 Å². The van der Waals surface area contributed by atoms with Crippen molar-refractivity contribution in [2.45, 2.75) is 39.0 Å². The zero-order valence-corrected chi connectivity index (χ0v) is 9.21. The normalized spacial score (nSPS) is 25.7. The molecule has 1 nitrogen and oxygen atoms in total. The van der Waals surface area contributed by atoms with E-state index in [2.05, 4.69) is 24.1 Å². The molecule has 0 aromatic carbocycles. The molecule has 2 aliphatic carbocycles. The van der Waals surface area contributed by atoms with Crippen molar-refractivity contribution in [1.82, 2.24) is 0 Å². The van der Waals surface area contributed by atoms with Gasteiger partial charge in [-0.3, -0.25) is 4.99 Å². The number of hydrogen-bond donors (Lipinski definition) is 0. The van der Waals surface area contributed by atoms with Crippen molar-refractivity contribution in [3.63, 3.8) is 0 Å². The highest BCUT2D eigenvalue weighted by Gasteiger charge is 2.24. The molecule has 2 aliphatic rings. The second kappa shape index (κ2) is 4.12. The molecule has 0 N–H and O–H groups in total. The molecule has 0 atom stereocenters. The van der Waals surface area contributed by atoms with Gasteiger partial charge in [0, 0.05) is 7.05 Å². The molecule has 76 valence electrons. The molecule has 0 aromatic heterocycles. The first kappa shape index (κ1) is 9.70. The third kappa shape index (κ3) is 1.68. The summed E-state index contributed by atoms with van der Waals surface area (Å²) in [5, 5.41) is 0. The van der Waals surface area contributed by atoms with Gasteiger partial charge < -0.3 is 0 Å². The third-order valence-corrected chi connectivity index (χ3v) is 3.43. The number of allylic oxidation sites excluding steroid dienone is 4. The predicted molar refractivity (Wildman–Crippen MR) is 61.8 cm³/mol. The first-order valence-electron chi connectivity index (χ1n) is 5.74. The van der Waals surface area contributed by atoms with E-state index < -0.39 is 0 Å². The molecular weight excluding hydrogens is 170 g/mol. The minimum Gasteiger partial charge on any atom is -0.289 e. The Morgan fingerprint density at radius 3 is 2.57 bits per heavy atom. The fraction of sp³-hybridized carbons (Fsp3) is 0.615. The van der Waals surface area contributed by atoms with Crippen LogP contribution in [-0.4, -0.2) is 12.8 Å². The van der Waals surface area contributed by atoms with Crippen molar-refractivity contribution in [3.8, 4) is 0 Å². The first-order valence-corrected chi connectivity index (χ1v) is 5.74. The van der Waals surface area contributed by atoms with E-state index in [9.17, 15) is 0 Å². The molecule has 1 saturated carbocycles. The highest BCUT2D eigenvalue weighted by Crippen LogP contribution is 2.37. The van der Waals surface area contributed by atoms with Gasteiger partial charge in [0.25, 0.3) is 0 Å². The standard InChI is InChI=1S/C13H19N/c1-3-10-8-12(14-2)9-13(10)11-6-4-5-7-11/h8-9,11H,3-7H2,1-2H3. The molecule has 2 rings (SSSR count). The molecule has 0 bridgehead atoms. The average molecular weight is 189 g/mol. The lowest BCUT2D eigenvalue weighted by molar-refractivity contribution is 0.647. The second-order valence-electron chi connectivity index (χ2n) is 4.25. The predicted octanol–water partition coefficient (Wildman–Crippen LogP) is 3.52. The van der Waals surface area contributed by atoms with Crippen LogP contribution >= 0.6 is 0 Å². The summed E-state index contributed by atoms with van der Waals surface area (Å²) in [7, 11) is 1.88. The van der Waals surface area contributed by atoms with E-state index in [0.29, 0.717) is 0 Å². The minimum atomic E-state index is 0.834. The zero-order valence-electron chi connectivity index (χ0n) is 9.21.